The van der Waals surface area contributed by atoms with E-state index in [2.05, 4.69) is 31.2 Å². The van der Waals surface area contributed by atoms with Crippen LogP contribution in [0.5, 0.6) is 0 Å². The molecule has 0 aromatic heterocycles. The molecule has 1 aliphatic rings. The molecule has 0 radical (unpaired) electrons. The Morgan fingerprint density at radius 2 is 1.70 bits per heavy atom. The van der Waals surface area contributed by atoms with Gasteiger partial charge in [-0.05, 0) is 12.3 Å². The second-order valence-electron chi connectivity index (χ2n) is 1.91. The van der Waals surface area contributed by atoms with Crippen LogP contribution in [0.4, 0.5) is 0 Å². The van der Waals surface area contributed by atoms with Crippen molar-refractivity contribution < 1.29 is 20.8 Å². The molecule has 1 rings (SSSR count). The van der Waals surface area contributed by atoms with Gasteiger partial charge in [0.2, 0.25) is 0 Å². The molecule has 0 heterocycles. The molecule has 0 aliphatic heterocycles. The number of halogens is 2. The van der Waals surface area contributed by atoms with Crippen molar-refractivity contribution in [3.8, 4) is 0 Å². The van der Waals surface area contributed by atoms with Crippen molar-refractivity contribution >= 4 is 17.0 Å². The number of allylic oxidation sites excluding steroid dienone is 4. The normalized spacial score (nSPS) is 14.7. The van der Waals surface area contributed by atoms with E-state index in [1.54, 1.807) is 0 Å². The first kappa shape index (κ1) is 10.9. The second kappa shape index (κ2) is 8.04. The number of rotatable bonds is 1. The van der Waals surface area contributed by atoms with Crippen molar-refractivity contribution in [1.29, 1.82) is 0 Å². The van der Waals surface area contributed by atoms with Gasteiger partial charge in [0, 0.05) is 0 Å². The average molecular weight is 256 g/mol. The summed E-state index contributed by atoms with van der Waals surface area (Å²) in [5.74, 6) is 0.736. The summed E-state index contributed by atoms with van der Waals surface area (Å²) in [6.07, 6.45) is 9.90. The Morgan fingerprint density at radius 3 is 1.90 bits per heavy atom. The first-order valence-corrected chi connectivity index (χ1v) is 9.49. The van der Waals surface area contributed by atoms with Crippen LogP contribution < -0.4 is 0 Å². The minimum atomic E-state index is -0.826. The molecule has 0 saturated carbocycles. The zero-order valence-electron chi connectivity index (χ0n) is 5.85. The molecular weight excluding hydrogens is 246 g/mol. The van der Waals surface area contributed by atoms with E-state index >= 15 is 0 Å². The molecule has 0 spiro atoms. The van der Waals surface area contributed by atoms with E-state index in [-0.39, 0.29) is 0 Å². The Kier molecular flexibility index (Phi) is 8.80. The summed E-state index contributed by atoms with van der Waals surface area (Å²) in [5.41, 5.74) is 0. The fraction of sp³-hybridized carbons (Fsp3) is 0.429. The molecule has 3 heteroatoms. The molecule has 0 aromatic carbocycles. The molecule has 10 heavy (non-hydrogen) atoms. The fourth-order valence-electron chi connectivity index (χ4n) is 0.750. The van der Waals surface area contributed by atoms with Gasteiger partial charge in [-0.3, -0.25) is 0 Å². The maximum absolute atomic E-state index is 4.93. The zero-order valence-corrected chi connectivity index (χ0v) is 9.82. The Morgan fingerprint density at radius 1 is 1.30 bits per heavy atom. The molecule has 0 N–H and O–H groups in total. The van der Waals surface area contributed by atoms with Crippen LogP contribution in [-0.2, 0) is 20.8 Å². The predicted octanol–water partition coefficient (Wildman–Crippen LogP) is 3.52. The van der Waals surface area contributed by atoms with Crippen molar-refractivity contribution in [3.05, 3.63) is 24.3 Å². The third-order valence-corrected chi connectivity index (χ3v) is 1.30. The van der Waals surface area contributed by atoms with Crippen molar-refractivity contribution in [2.24, 2.45) is 5.92 Å². The van der Waals surface area contributed by atoms with Gasteiger partial charge in [0.15, 0.2) is 0 Å². The summed E-state index contributed by atoms with van der Waals surface area (Å²) >= 11 is -0.826. The monoisotopic (exact) mass is 254 g/mol. The summed E-state index contributed by atoms with van der Waals surface area (Å²) in [5, 5.41) is 0. The van der Waals surface area contributed by atoms with Crippen LogP contribution in [0.25, 0.3) is 0 Å². The summed E-state index contributed by atoms with van der Waals surface area (Å²) in [4.78, 5) is 0. The van der Waals surface area contributed by atoms with Gasteiger partial charge >= 0.3 is 37.9 Å². The molecule has 0 atom stereocenters. The van der Waals surface area contributed by atoms with Gasteiger partial charge in [-0.25, -0.2) is 0 Å². The van der Waals surface area contributed by atoms with E-state index in [0.717, 1.165) is 5.92 Å². The van der Waals surface area contributed by atoms with Crippen molar-refractivity contribution in [2.75, 3.05) is 0 Å². The van der Waals surface area contributed by atoms with Crippen LogP contribution in [0.2, 0.25) is 0 Å². The molecule has 0 aromatic rings. The number of hydrogen-bond donors (Lipinski definition) is 0. The van der Waals surface area contributed by atoms with E-state index < -0.39 is 20.8 Å². The van der Waals surface area contributed by atoms with Crippen LogP contribution in [0.15, 0.2) is 24.3 Å². The molecule has 56 valence electrons. The molecule has 0 bridgehead atoms. The summed E-state index contributed by atoms with van der Waals surface area (Å²) in [6.45, 7) is 2.20. The van der Waals surface area contributed by atoms with Gasteiger partial charge < -0.3 is 0 Å². The molecule has 0 unspecified atom stereocenters. The van der Waals surface area contributed by atoms with Crippen molar-refractivity contribution in [2.45, 2.75) is 13.3 Å². The van der Waals surface area contributed by atoms with Gasteiger partial charge in [0.05, 0.1) is 0 Å². The Hall–Kier alpha value is 0.943. The molecule has 0 saturated heterocycles. The summed E-state index contributed by atoms with van der Waals surface area (Å²) in [6, 6.07) is 0. The average Bonchev–Trinajstić information content (AvgIpc) is 2.39. The van der Waals surface area contributed by atoms with Crippen molar-refractivity contribution in [1.82, 2.24) is 0 Å². The van der Waals surface area contributed by atoms with E-state index in [9.17, 15) is 0 Å². The topological polar surface area (TPSA) is 0 Å². The van der Waals surface area contributed by atoms with Crippen LogP contribution in [0, 0.1) is 5.92 Å². The summed E-state index contributed by atoms with van der Waals surface area (Å²) < 4.78 is 0. The van der Waals surface area contributed by atoms with Crippen molar-refractivity contribution in [3.63, 3.8) is 0 Å². The molecule has 1 aliphatic carbocycles. The standard InChI is InChI=1S/C7H10.2ClH.Zr/c1-2-7-5-3-4-6-7;;;/h3-7H,2H2,1H3;2*1H;/q;;;+2/p-2. The van der Waals surface area contributed by atoms with Gasteiger partial charge in [0.1, 0.15) is 0 Å². The van der Waals surface area contributed by atoms with Crippen LogP contribution in [0.1, 0.15) is 13.3 Å². The maximum atomic E-state index is 4.93. The fourth-order valence-corrected chi connectivity index (χ4v) is 0.750. The van der Waals surface area contributed by atoms with Crippen LogP contribution in [-0.4, -0.2) is 0 Å². The van der Waals surface area contributed by atoms with E-state index in [0.29, 0.717) is 0 Å². The third kappa shape index (κ3) is 5.71. The van der Waals surface area contributed by atoms with Crippen LogP contribution >= 0.6 is 17.0 Å². The zero-order chi connectivity index (χ0) is 7.82. The van der Waals surface area contributed by atoms with E-state index in [1.165, 1.54) is 6.42 Å². The van der Waals surface area contributed by atoms with Gasteiger partial charge in [-0.2, -0.15) is 0 Å². The third-order valence-electron chi connectivity index (χ3n) is 1.30. The van der Waals surface area contributed by atoms with Crippen LogP contribution in [0.3, 0.4) is 0 Å². The van der Waals surface area contributed by atoms with Gasteiger partial charge in [-0.15, -0.1) is 0 Å². The molecule has 0 fully saturated rings. The van der Waals surface area contributed by atoms with Gasteiger partial charge in [-0.1, -0.05) is 31.2 Å². The predicted molar refractivity (Wildman–Crippen MR) is 43.8 cm³/mol. The summed E-state index contributed by atoms with van der Waals surface area (Å²) in [7, 11) is 9.87. The SMILES string of the molecule is CCC1C=CC=C1.[Cl][Zr][Cl]. The van der Waals surface area contributed by atoms with Gasteiger partial charge in [0.25, 0.3) is 0 Å². The first-order chi connectivity index (χ1) is 4.85. The minimum absolute atomic E-state index is 0.736. The van der Waals surface area contributed by atoms with E-state index in [4.69, 9.17) is 17.0 Å². The molecule has 0 nitrogen and oxygen atoms in total. The Bertz CT molecular complexity index is 109. The Balaban J connectivity index is 0.000000236. The van der Waals surface area contributed by atoms with E-state index in [1.807, 2.05) is 0 Å². The number of hydrogen-bond acceptors (Lipinski definition) is 0. The first-order valence-electron chi connectivity index (χ1n) is 3.16. The molecular formula is C7H10Cl2Zr. The molecule has 0 amide bonds. The Labute approximate surface area is 81.0 Å². The quantitative estimate of drug-likeness (QED) is 0.673. The second-order valence-corrected chi connectivity index (χ2v) is 5.65.